The average molecular weight is 545 g/mol. The van der Waals surface area contributed by atoms with Gasteiger partial charge in [-0.1, -0.05) is 30.9 Å². The monoisotopic (exact) mass is 544 g/mol. The fourth-order valence-corrected chi connectivity index (χ4v) is 6.35. The molecule has 2 spiro atoms. The molecule has 5 heterocycles. The Morgan fingerprint density at radius 1 is 1.16 bits per heavy atom. The average Bonchev–Trinajstić information content (AvgIpc) is 3.32. The molecule has 1 saturated heterocycles. The molecule has 2 amide bonds. The number of pyridine rings is 2. The van der Waals surface area contributed by atoms with Crippen molar-refractivity contribution in [3.63, 3.8) is 0 Å². The molecule has 1 unspecified atom stereocenters. The highest BCUT2D eigenvalue weighted by Crippen LogP contribution is 2.65. The number of aromatic amines is 1. The molecule has 2 saturated carbocycles. The van der Waals surface area contributed by atoms with E-state index in [1.54, 1.807) is 24.4 Å². The van der Waals surface area contributed by atoms with E-state index in [2.05, 4.69) is 20.2 Å². The van der Waals surface area contributed by atoms with E-state index < -0.39 is 16.8 Å². The molecule has 0 bridgehead atoms. The second-order valence-electron chi connectivity index (χ2n) is 10.8. The van der Waals surface area contributed by atoms with E-state index in [4.69, 9.17) is 16.7 Å². The minimum Gasteiger partial charge on any atom is -0.506 e. The number of nitrogens with one attached hydrogen (secondary N) is 1. The van der Waals surface area contributed by atoms with Gasteiger partial charge in [-0.05, 0) is 37.5 Å². The van der Waals surface area contributed by atoms with E-state index in [0.717, 1.165) is 24.6 Å². The number of likely N-dealkylation sites (tertiary alicyclic amines) is 1. The molecule has 0 aromatic carbocycles. The first kappa shape index (κ1) is 25.0. The fraction of sp³-hybridized carbons (Fsp3) is 0.500. The Morgan fingerprint density at radius 2 is 1.92 bits per heavy atom. The smallest absolute Gasteiger partial charge is 0.256 e. The largest absolute Gasteiger partial charge is 0.506 e. The quantitative estimate of drug-likeness (QED) is 0.467. The highest BCUT2D eigenvalue weighted by molar-refractivity contribution is 6.29. The summed E-state index contributed by atoms with van der Waals surface area (Å²) in [6, 6.07) is 4.98. The zero-order valence-electron chi connectivity index (χ0n) is 20.6. The number of aromatic hydroxyl groups is 1. The van der Waals surface area contributed by atoms with Gasteiger partial charge in [-0.3, -0.25) is 14.7 Å². The summed E-state index contributed by atoms with van der Waals surface area (Å²) < 4.78 is 27.3. The summed E-state index contributed by atoms with van der Waals surface area (Å²) in [6.07, 6.45) is 7.54. The van der Waals surface area contributed by atoms with Gasteiger partial charge in [-0.2, -0.15) is 5.10 Å². The summed E-state index contributed by atoms with van der Waals surface area (Å²) in [4.78, 5) is 37.6. The minimum absolute atomic E-state index is 0.0811. The highest BCUT2D eigenvalue weighted by atomic mass is 35.5. The van der Waals surface area contributed by atoms with Gasteiger partial charge in [-0.25, -0.2) is 18.7 Å². The summed E-state index contributed by atoms with van der Waals surface area (Å²) in [5, 5.41) is 16.5. The third kappa shape index (κ3) is 3.98. The number of carbonyl (C=O) groups is 2. The van der Waals surface area contributed by atoms with Gasteiger partial charge >= 0.3 is 0 Å². The van der Waals surface area contributed by atoms with Crippen molar-refractivity contribution in [3.8, 4) is 5.75 Å². The third-order valence-corrected chi connectivity index (χ3v) is 8.64. The van der Waals surface area contributed by atoms with Crippen LogP contribution in [-0.2, 0) is 15.0 Å². The zero-order chi connectivity index (χ0) is 26.7. The standard InChI is InChI=1S/C20H22ClF2N3O2.C6H5N3O/c21-14-5-4-13-16(24-14)19(6-2-1-3-7-19)17(28)26(13)10-15(27)25-9-8-18(12-25)11-20(18,22)23;10-5-1-4-2-8-9-6(4)7-3-5/h4-5H,1-3,6-12H2;1-3,10H,(H,7,8,9). The van der Waals surface area contributed by atoms with Crippen LogP contribution < -0.4 is 4.90 Å². The van der Waals surface area contributed by atoms with Crippen LogP contribution >= 0.6 is 11.6 Å². The van der Waals surface area contributed by atoms with Crippen LogP contribution in [0.4, 0.5) is 14.5 Å². The maximum Gasteiger partial charge on any atom is 0.256 e. The van der Waals surface area contributed by atoms with Crippen molar-refractivity contribution in [1.82, 2.24) is 25.1 Å². The van der Waals surface area contributed by atoms with Crippen molar-refractivity contribution < 1.29 is 23.5 Å². The van der Waals surface area contributed by atoms with Crippen LogP contribution in [0.3, 0.4) is 0 Å². The Bertz CT molecular complexity index is 1420. The molecular formula is C26H27ClF2N6O3. The molecule has 3 aromatic heterocycles. The summed E-state index contributed by atoms with van der Waals surface area (Å²) in [5.41, 5.74) is 0.265. The summed E-state index contributed by atoms with van der Waals surface area (Å²) in [5.74, 6) is -2.88. The molecule has 2 N–H and O–H groups in total. The zero-order valence-corrected chi connectivity index (χ0v) is 21.3. The minimum atomic E-state index is -2.66. The van der Waals surface area contributed by atoms with Crippen molar-refractivity contribution in [1.29, 1.82) is 0 Å². The molecule has 2 aliphatic heterocycles. The van der Waals surface area contributed by atoms with Gasteiger partial charge in [0, 0.05) is 24.9 Å². The van der Waals surface area contributed by atoms with E-state index in [9.17, 15) is 18.4 Å². The number of hydrogen-bond acceptors (Lipinski definition) is 6. The number of aromatic nitrogens is 4. The third-order valence-electron chi connectivity index (χ3n) is 8.43. The van der Waals surface area contributed by atoms with Gasteiger partial charge < -0.3 is 14.9 Å². The molecule has 200 valence electrons. The van der Waals surface area contributed by atoms with Crippen molar-refractivity contribution >= 4 is 40.1 Å². The van der Waals surface area contributed by atoms with Crippen LogP contribution in [0, 0.1) is 5.41 Å². The molecule has 3 aromatic rings. The molecule has 2 aliphatic carbocycles. The number of amides is 2. The maximum atomic E-state index is 13.6. The molecule has 0 radical (unpaired) electrons. The molecule has 1 atom stereocenters. The summed E-state index contributed by atoms with van der Waals surface area (Å²) >= 11 is 6.11. The Balaban J connectivity index is 0.000000221. The Kier molecular flexibility index (Phi) is 5.82. The van der Waals surface area contributed by atoms with Gasteiger partial charge in [0.15, 0.2) is 5.65 Å². The molecule has 4 aliphatic rings. The van der Waals surface area contributed by atoms with Crippen LogP contribution in [0.15, 0.2) is 30.6 Å². The first-order chi connectivity index (χ1) is 18.1. The lowest BCUT2D eigenvalue weighted by Gasteiger charge is -2.31. The normalized spacial score (nSPS) is 24.6. The number of carbonyl (C=O) groups excluding carboxylic acids is 2. The van der Waals surface area contributed by atoms with Crippen molar-refractivity contribution in [2.24, 2.45) is 5.41 Å². The van der Waals surface area contributed by atoms with Gasteiger partial charge in [0.2, 0.25) is 11.8 Å². The number of anilines is 1. The van der Waals surface area contributed by atoms with Crippen LogP contribution in [0.2, 0.25) is 5.15 Å². The van der Waals surface area contributed by atoms with Crippen molar-refractivity contribution in [2.45, 2.75) is 56.3 Å². The lowest BCUT2D eigenvalue weighted by Crippen LogP contribution is -2.46. The lowest BCUT2D eigenvalue weighted by atomic mass is 9.72. The molecule has 12 heteroatoms. The van der Waals surface area contributed by atoms with Crippen LogP contribution in [0.25, 0.3) is 11.0 Å². The molecule has 3 fully saturated rings. The topological polar surface area (TPSA) is 115 Å². The van der Waals surface area contributed by atoms with Crippen molar-refractivity contribution in [2.75, 3.05) is 24.5 Å². The highest BCUT2D eigenvalue weighted by Gasteiger charge is 2.73. The number of alkyl halides is 2. The maximum absolute atomic E-state index is 13.6. The fourth-order valence-electron chi connectivity index (χ4n) is 6.20. The van der Waals surface area contributed by atoms with Crippen LogP contribution in [0.5, 0.6) is 5.75 Å². The Morgan fingerprint density at radius 3 is 2.63 bits per heavy atom. The number of H-pyrrole nitrogens is 1. The number of fused-ring (bicyclic) bond motifs is 3. The van der Waals surface area contributed by atoms with E-state index in [-0.39, 0.29) is 37.1 Å². The first-order valence-electron chi connectivity index (χ1n) is 12.8. The molecular weight excluding hydrogens is 518 g/mol. The number of nitrogens with zero attached hydrogens (tertiary/aromatic N) is 5. The second-order valence-corrected chi connectivity index (χ2v) is 11.2. The number of halogens is 3. The predicted molar refractivity (Wildman–Crippen MR) is 135 cm³/mol. The Labute approximate surface area is 222 Å². The van der Waals surface area contributed by atoms with E-state index >= 15 is 0 Å². The SMILES string of the molecule is O=C(CN1C(=O)C2(CCCCC2)c2nc(Cl)ccc21)N1CCC2(C1)CC2(F)F.Oc1cnc2[nH]ncc2c1. The molecule has 38 heavy (non-hydrogen) atoms. The summed E-state index contributed by atoms with van der Waals surface area (Å²) in [7, 11) is 0. The van der Waals surface area contributed by atoms with Crippen molar-refractivity contribution in [3.05, 3.63) is 41.4 Å². The lowest BCUT2D eigenvalue weighted by molar-refractivity contribution is -0.132. The van der Waals surface area contributed by atoms with E-state index in [1.807, 2.05) is 0 Å². The Hall–Kier alpha value is -3.34. The van der Waals surface area contributed by atoms with Crippen LogP contribution in [0.1, 0.15) is 50.6 Å². The van der Waals surface area contributed by atoms with Gasteiger partial charge in [0.1, 0.15) is 17.4 Å². The number of hydrogen-bond donors (Lipinski definition) is 2. The molecule has 9 nitrogen and oxygen atoms in total. The van der Waals surface area contributed by atoms with Crippen LogP contribution in [-0.4, -0.2) is 67.5 Å². The predicted octanol–water partition coefficient (Wildman–Crippen LogP) is 4.20. The first-order valence-corrected chi connectivity index (χ1v) is 13.1. The van der Waals surface area contributed by atoms with E-state index in [0.29, 0.717) is 48.0 Å². The van der Waals surface area contributed by atoms with Gasteiger partial charge in [0.25, 0.3) is 5.92 Å². The summed E-state index contributed by atoms with van der Waals surface area (Å²) in [6.45, 7) is 0.281. The number of rotatable bonds is 2. The van der Waals surface area contributed by atoms with Gasteiger partial charge in [-0.15, -0.1) is 0 Å². The molecule has 7 rings (SSSR count). The van der Waals surface area contributed by atoms with Gasteiger partial charge in [0.05, 0.1) is 34.6 Å². The van der Waals surface area contributed by atoms with E-state index in [1.165, 1.54) is 16.0 Å². The second kappa shape index (κ2) is 8.86.